The van der Waals surface area contributed by atoms with Gasteiger partial charge in [0.05, 0.1) is 11.8 Å². The zero-order chi connectivity index (χ0) is 21.0. The minimum atomic E-state index is -1.22. The highest BCUT2D eigenvalue weighted by Crippen LogP contribution is 2.22. The van der Waals surface area contributed by atoms with E-state index in [1.54, 1.807) is 9.58 Å². The highest BCUT2D eigenvalue weighted by atomic mass is 16.5. The number of urea groups is 1. The van der Waals surface area contributed by atoms with Crippen LogP contribution < -0.4 is 15.7 Å². The van der Waals surface area contributed by atoms with Crippen LogP contribution in [0.25, 0.3) is 11.3 Å². The molecule has 1 aliphatic rings. The number of amides is 3. The number of hydrogen-bond donors (Lipinski definition) is 4. The lowest BCUT2D eigenvalue weighted by molar-refractivity contribution is -0.133. The molecule has 1 aliphatic heterocycles. The van der Waals surface area contributed by atoms with Gasteiger partial charge >= 0.3 is 6.03 Å². The Balaban J connectivity index is 1.56. The summed E-state index contributed by atoms with van der Waals surface area (Å²) in [6.45, 7) is 3.60. The number of benzene rings is 1. The molecule has 2 aromatic rings. The van der Waals surface area contributed by atoms with Crippen molar-refractivity contribution in [2.24, 2.45) is 7.05 Å². The van der Waals surface area contributed by atoms with Gasteiger partial charge in [0.25, 0.3) is 5.91 Å². The molecule has 0 bridgehead atoms. The van der Waals surface area contributed by atoms with Gasteiger partial charge in [0.1, 0.15) is 6.04 Å². The fourth-order valence-electron chi connectivity index (χ4n) is 3.28. The van der Waals surface area contributed by atoms with E-state index in [-0.39, 0.29) is 0 Å². The average molecular weight is 402 g/mol. The standard InChI is InChI=1S/C19H26N6O4/c1-13(26)17(18(27)22-29)20-19(28)25-11-9-24(10-12-25)15-5-3-14(4-6-15)16-7-8-23(2)21-16/h3-8,13,17,26,29H,9-12H2,1-2H3,(H,20,28)(H,22,27)/t13-,17+/m0/s1. The number of aryl methyl sites for hydroxylation is 1. The summed E-state index contributed by atoms with van der Waals surface area (Å²) in [5.41, 5.74) is 4.47. The predicted octanol–water partition coefficient (Wildman–Crippen LogP) is 0.174. The van der Waals surface area contributed by atoms with Crippen molar-refractivity contribution in [2.45, 2.75) is 19.1 Å². The fraction of sp³-hybridized carbons (Fsp3) is 0.421. The van der Waals surface area contributed by atoms with Crippen molar-refractivity contribution in [3.63, 3.8) is 0 Å². The van der Waals surface area contributed by atoms with E-state index >= 15 is 0 Å². The Labute approximate surface area is 168 Å². The molecule has 0 radical (unpaired) electrons. The number of aliphatic hydroxyl groups is 1. The Morgan fingerprint density at radius 3 is 2.28 bits per heavy atom. The van der Waals surface area contributed by atoms with Crippen LogP contribution in [0.4, 0.5) is 10.5 Å². The summed E-state index contributed by atoms with van der Waals surface area (Å²) in [4.78, 5) is 27.7. The number of aliphatic hydroxyl groups excluding tert-OH is 1. The topological polar surface area (TPSA) is 123 Å². The maximum atomic E-state index is 12.4. The van der Waals surface area contributed by atoms with E-state index in [9.17, 15) is 14.7 Å². The number of nitrogens with one attached hydrogen (secondary N) is 2. The van der Waals surface area contributed by atoms with Gasteiger partial charge in [-0.3, -0.25) is 14.7 Å². The molecule has 3 rings (SSSR count). The van der Waals surface area contributed by atoms with Gasteiger partial charge in [-0.2, -0.15) is 5.10 Å². The largest absolute Gasteiger partial charge is 0.391 e. The van der Waals surface area contributed by atoms with E-state index in [0.717, 1.165) is 16.9 Å². The van der Waals surface area contributed by atoms with Crippen LogP contribution in [0.5, 0.6) is 0 Å². The third-order valence-corrected chi connectivity index (χ3v) is 4.96. The molecule has 1 fully saturated rings. The minimum absolute atomic E-state index is 0.454. The number of aromatic nitrogens is 2. The molecule has 1 aromatic carbocycles. The van der Waals surface area contributed by atoms with E-state index in [4.69, 9.17) is 5.21 Å². The smallest absolute Gasteiger partial charge is 0.318 e. The summed E-state index contributed by atoms with van der Waals surface area (Å²) in [7, 11) is 1.88. The molecule has 29 heavy (non-hydrogen) atoms. The van der Waals surface area contributed by atoms with E-state index in [1.807, 2.05) is 43.6 Å². The SMILES string of the molecule is C[C@H](O)[C@@H](NC(=O)N1CCN(c2ccc(-c3ccn(C)n3)cc2)CC1)C(=O)NO. The highest BCUT2D eigenvalue weighted by molar-refractivity contribution is 5.87. The third-order valence-electron chi connectivity index (χ3n) is 4.96. The minimum Gasteiger partial charge on any atom is -0.391 e. The van der Waals surface area contributed by atoms with E-state index in [1.165, 1.54) is 12.4 Å². The highest BCUT2D eigenvalue weighted by Gasteiger charge is 2.29. The number of nitrogens with zero attached hydrogens (tertiary/aromatic N) is 4. The maximum absolute atomic E-state index is 12.4. The van der Waals surface area contributed by atoms with Crippen LogP contribution >= 0.6 is 0 Å². The van der Waals surface area contributed by atoms with Gasteiger partial charge in [0, 0.05) is 50.7 Å². The lowest BCUT2D eigenvalue weighted by atomic mass is 10.1. The predicted molar refractivity (Wildman–Crippen MR) is 106 cm³/mol. The molecule has 0 aliphatic carbocycles. The molecule has 0 saturated carbocycles. The first-order valence-electron chi connectivity index (χ1n) is 9.41. The van der Waals surface area contributed by atoms with Crippen molar-refractivity contribution in [1.82, 2.24) is 25.5 Å². The summed E-state index contributed by atoms with van der Waals surface area (Å²) < 4.78 is 1.76. The van der Waals surface area contributed by atoms with Crippen LogP contribution in [-0.2, 0) is 11.8 Å². The van der Waals surface area contributed by atoms with Gasteiger partial charge in [-0.05, 0) is 25.1 Å². The van der Waals surface area contributed by atoms with Crippen molar-refractivity contribution in [3.05, 3.63) is 36.5 Å². The molecular formula is C19H26N6O4. The fourth-order valence-corrected chi connectivity index (χ4v) is 3.28. The second-order valence-corrected chi connectivity index (χ2v) is 7.04. The number of rotatable bonds is 5. The molecule has 1 saturated heterocycles. The first-order valence-corrected chi connectivity index (χ1v) is 9.41. The van der Waals surface area contributed by atoms with Gasteiger partial charge in [-0.1, -0.05) is 12.1 Å². The van der Waals surface area contributed by atoms with Gasteiger partial charge in [0.15, 0.2) is 0 Å². The third kappa shape index (κ3) is 4.84. The Bertz CT molecular complexity index is 843. The van der Waals surface area contributed by atoms with Crippen LogP contribution in [0, 0.1) is 0 Å². The van der Waals surface area contributed by atoms with Crippen LogP contribution in [0.3, 0.4) is 0 Å². The van der Waals surface area contributed by atoms with Crippen LogP contribution in [-0.4, -0.2) is 75.3 Å². The molecule has 10 heteroatoms. The number of hydrogen-bond acceptors (Lipinski definition) is 6. The Morgan fingerprint density at radius 1 is 1.10 bits per heavy atom. The summed E-state index contributed by atoms with van der Waals surface area (Å²) >= 11 is 0. The molecule has 1 aromatic heterocycles. The van der Waals surface area contributed by atoms with Crippen molar-refractivity contribution in [2.75, 3.05) is 31.1 Å². The van der Waals surface area contributed by atoms with Gasteiger partial charge in [-0.25, -0.2) is 10.3 Å². The summed E-state index contributed by atoms with van der Waals surface area (Å²) in [5, 5.41) is 25.2. The second kappa shape index (κ2) is 8.93. The number of piperazine rings is 1. The quantitative estimate of drug-likeness (QED) is 0.418. The van der Waals surface area contributed by atoms with Crippen LogP contribution in [0.15, 0.2) is 36.5 Å². The van der Waals surface area contributed by atoms with E-state index < -0.39 is 24.1 Å². The molecule has 10 nitrogen and oxygen atoms in total. The molecule has 2 heterocycles. The zero-order valence-corrected chi connectivity index (χ0v) is 16.4. The van der Waals surface area contributed by atoms with Crippen LogP contribution in [0.1, 0.15) is 6.92 Å². The number of anilines is 1. The lowest BCUT2D eigenvalue weighted by Gasteiger charge is -2.36. The zero-order valence-electron chi connectivity index (χ0n) is 16.4. The number of carbonyl (C=O) groups excluding carboxylic acids is 2. The number of carbonyl (C=O) groups is 2. The first kappa shape index (κ1) is 20.6. The second-order valence-electron chi connectivity index (χ2n) is 7.04. The molecule has 156 valence electrons. The molecule has 2 atom stereocenters. The van der Waals surface area contributed by atoms with Crippen molar-refractivity contribution >= 4 is 17.6 Å². The van der Waals surface area contributed by atoms with Crippen LogP contribution in [0.2, 0.25) is 0 Å². The average Bonchev–Trinajstić information content (AvgIpc) is 3.17. The summed E-state index contributed by atoms with van der Waals surface area (Å²) in [6.07, 6.45) is 0.768. The van der Waals surface area contributed by atoms with Crippen molar-refractivity contribution < 1.29 is 19.9 Å². The maximum Gasteiger partial charge on any atom is 0.318 e. The molecule has 0 unspecified atom stereocenters. The monoisotopic (exact) mass is 402 g/mol. The van der Waals surface area contributed by atoms with Gasteiger partial charge in [-0.15, -0.1) is 0 Å². The Morgan fingerprint density at radius 2 is 1.76 bits per heavy atom. The normalized spacial score (nSPS) is 16.3. The molecule has 0 spiro atoms. The number of hydroxylamine groups is 1. The summed E-state index contributed by atoms with van der Waals surface area (Å²) in [6, 6.07) is 8.41. The Kier molecular flexibility index (Phi) is 6.35. The van der Waals surface area contributed by atoms with Gasteiger partial charge < -0.3 is 20.2 Å². The first-order chi connectivity index (χ1) is 13.9. The van der Waals surface area contributed by atoms with E-state index in [2.05, 4.69) is 15.3 Å². The molecular weight excluding hydrogens is 376 g/mol. The van der Waals surface area contributed by atoms with E-state index in [0.29, 0.717) is 26.2 Å². The molecule has 4 N–H and O–H groups in total. The van der Waals surface area contributed by atoms with Crippen molar-refractivity contribution in [1.29, 1.82) is 0 Å². The summed E-state index contributed by atoms with van der Waals surface area (Å²) in [5.74, 6) is -0.861. The lowest BCUT2D eigenvalue weighted by Crippen LogP contribution is -2.58. The molecule has 3 amide bonds. The van der Waals surface area contributed by atoms with Gasteiger partial charge in [0.2, 0.25) is 0 Å². The Hall–Kier alpha value is -3.11. The van der Waals surface area contributed by atoms with Crippen molar-refractivity contribution in [3.8, 4) is 11.3 Å².